The molecule has 1 unspecified atom stereocenters. The summed E-state index contributed by atoms with van der Waals surface area (Å²) >= 11 is 0. The van der Waals surface area contributed by atoms with Gasteiger partial charge in [0.2, 0.25) is 0 Å². The van der Waals surface area contributed by atoms with E-state index in [1.165, 1.54) is 38.5 Å². The highest BCUT2D eigenvalue weighted by Gasteiger charge is 2.28. The minimum atomic E-state index is 0.137. The van der Waals surface area contributed by atoms with Gasteiger partial charge in [0.05, 0.1) is 12.7 Å². The van der Waals surface area contributed by atoms with Gasteiger partial charge in [-0.3, -0.25) is 4.90 Å². The Labute approximate surface area is 106 Å². The van der Waals surface area contributed by atoms with E-state index < -0.39 is 0 Å². The second kappa shape index (κ2) is 6.17. The zero-order valence-electron chi connectivity index (χ0n) is 11.3. The molecule has 2 N–H and O–H groups in total. The lowest BCUT2D eigenvalue weighted by molar-refractivity contribution is -0.0319. The summed E-state index contributed by atoms with van der Waals surface area (Å²) in [5.41, 5.74) is 6.62. The van der Waals surface area contributed by atoms with Gasteiger partial charge >= 0.3 is 0 Å². The number of hydrogen-bond donors (Lipinski definition) is 1. The van der Waals surface area contributed by atoms with Crippen LogP contribution >= 0.6 is 0 Å². The molecule has 1 aliphatic heterocycles. The fourth-order valence-electron chi connectivity index (χ4n) is 3.12. The molecule has 2 aliphatic rings. The number of rotatable bonds is 4. The van der Waals surface area contributed by atoms with Crippen LogP contribution in [-0.4, -0.2) is 42.8 Å². The third-order valence-corrected chi connectivity index (χ3v) is 4.45. The molecule has 1 aliphatic carbocycles. The minimum absolute atomic E-state index is 0.137. The van der Waals surface area contributed by atoms with Gasteiger partial charge in [0.25, 0.3) is 0 Å². The van der Waals surface area contributed by atoms with Gasteiger partial charge in [-0.25, -0.2) is 0 Å². The first kappa shape index (κ1) is 13.3. The number of nitrogens with two attached hydrogens (primary N) is 1. The van der Waals surface area contributed by atoms with Gasteiger partial charge < -0.3 is 10.5 Å². The predicted molar refractivity (Wildman–Crippen MR) is 71.1 cm³/mol. The molecule has 0 aromatic carbocycles. The third-order valence-electron chi connectivity index (χ3n) is 4.45. The smallest absolute Gasteiger partial charge is 0.0700 e. The first-order valence-electron chi connectivity index (χ1n) is 7.35. The van der Waals surface area contributed by atoms with E-state index in [0.717, 1.165) is 32.7 Å². The molecule has 0 radical (unpaired) electrons. The van der Waals surface area contributed by atoms with Gasteiger partial charge in [-0.15, -0.1) is 0 Å². The summed E-state index contributed by atoms with van der Waals surface area (Å²) in [6.45, 7) is 6.46. The minimum Gasteiger partial charge on any atom is -0.376 e. The van der Waals surface area contributed by atoms with E-state index in [1.54, 1.807) is 0 Å². The fraction of sp³-hybridized carbons (Fsp3) is 1.00. The molecular formula is C14H28N2O. The van der Waals surface area contributed by atoms with Gasteiger partial charge in [-0.2, -0.15) is 0 Å². The summed E-state index contributed by atoms with van der Waals surface area (Å²) in [4.78, 5) is 2.54. The van der Waals surface area contributed by atoms with Crippen LogP contribution in [0, 0.1) is 0 Å². The highest BCUT2D eigenvalue weighted by Crippen LogP contribution is 2.29. The van der Waals surface area contributed by atoms with Gasteiger partial charge in [-0.05, 0) is 25.7 Å². The Morgan fingerprint density at radius 2 is 2.06 bits per heavy atom. The topological polar surface area (TPSA) is 38.5 Å². The number of ether oxygens (including phenoxy) is 1. The molecule has 100 valence electrons. The van der Waals surface area contributed by atoms with Crippen molar-refractivity contribution in [2.24, 2.45) is 5.73 Å². The monoisotopic (exact) mass is 240 g/mol. The van der Waals surface area contributed by atoms with Crippen molar-refractivity contribution in [1.82, 2.24) is 4.90 Å². The molecule has 0 amide bonds. The maximum absolute atomic E-state index is 6.49. The zero-order valence-corrected chi connectivity index (χ0v) is 11.3. The van der Waals surface area contributed by atoms with E-state index in [4.69, 9.17) is 10.5 Å². The molecular weight excluding hydrogens is 212 g/mol. The molecule has 3 heteroatoms. The van der Waals surface area contributed by atoms with E-state index in [9.17, 15) is 0 Å². The summed E-state index contributed by atoms with van der Waals surface area (Å²) < 4.78 is 5.70. The molecule has 1 saturated heterocycles. The van der Waals surface area contributed by atoms with Crippen LogP contribution in [0.4, 0.5) is 0 Å². The van der Waals surface area contributed by atoms with Gasteiger partial charge in [0.1, 0.15) is 0 Å². The Morgan fingerprint density at radius 3 is 2.76 bits per heavy atom. The van der Waals surface area contributed by atoms with Crippen LogP contribution in [0.25, 0.3) is 0 Å². The highest BCUT2D eigenvalue weighted by atomic mass is 16.5. The molecule has 1 atom stereocenters. The second-order valence-corrected chi connectivity index (χ2v) is 5.87. The normalized spacial score (nSPS) is 30.4. The molecule has 17 heavy (non-hydrogen) atoms. The summed E-state index contributed by atoms with van der Waals surface area (Å²) in [5.74, 6) is 0. The average Bonchev–Trinajstić information content (AvgIpc) is 2.38. The molecule has 0 aromatic rings. The van der Waals surface area contributed by atoms with Crippen molar-refractivity contribution in [1.29, 1.82) is 0 Å². The molecule has 2 rings (SSSR count). The number of nitrogens with zero attached hydrogens (tertiary/aromatic N) is 1. The highest BCUT2D eigenvalue weighted by molar-refractivity contribution is 4.88. The molecule has 2 fully saturated rings. The quantitative estimate of drug-likeness (QED) is 0.818. The van der Waals surface area contributed by atoms with E-state index in [-0.39, 0.29) is 5.54 Å². The zero-order chi connectivity index (χ0) is 12.1. The SMILES string of the molecule is CCC1CN(CCC2(N)CCCCC2)CCO1. The van der Waals surface area contributed by atoms with Crippen molar-refractivity contribution in [3.63, 3.8) is 0 Å². The van der Waals surface area contributed by atoms with Crippen LogP contribution in [0.3, 0.4) is 0 Å². The van der Waals surface area contributed by atoms with Gasteiger partial charge in [0.15, 0.2) is 0 Å². The van der Waals surface area contributed by atoms with Crippen LogP contribution in [0.5, 0.6) is 0 Å². The summed E-state index contributed by atoms with van der Waals surface area (Å²) in [5, 5.41) is 0. The van der Waals surface area contributed by atoms with Crippen molar-refractivity contribution in [2.45, 2.75) is 63.5 Å². The Bertz CT molecular complexity index is 226. The summed E-state index contributed by atoms with van der Waals surface area (Å²) in [7, 11) is 0. The lowest BCUT2D eigenvalue weighted by atomic mass is 9.80. The average molecular weight is 240 g/mol. The maximum atomic E-state index is 6.49. The van der Waals surface area contributed by atoms with Crippen molar-refractivity contribution < 1.29 is 4.74 Å². The van der Waals surface area contributed by atoms with E-state index in [1.807, 2.05) is 0 Å². The Kier molecular flexibility index (Phi) is 4.83. The van der Waals surface area contributed by atoms with Crippen molar-refractivity contribution in [2.75, 3.05) is 26.2 Å². The number of hydrogen-bond acceptors (Lipinski definition) is 3. The van der Waals surface area contributed by atoms with Crippen molar-refractivity contribution in [3.05, 3.63) is 0 Å². The van der Waals surface area contributed by atoms with E-state index in [2.05, 4.69) is 11.8 Å². The maximum Gasteiger partial charge on any atom is 0.0700 e. The lowest BCUT2D eigenvalue weighted by Crippen LogP contribution is -2.48. The Balaban J connectivity index is 1.73. The van der Waals surface area contributed by atoms with Crippen LogP contribution in [0.2, 0.25) is 0 Å². The molecule has 1 saturated carbocycles. The second-order valence-electron chi connectivity index (χ2n) is 5.87. The van der Waals surface area contributed by atoms with Crippen LogP contribution in [0.1, 0.15) is 51.9 Å². The largest absolute Gasteiger partial charge is 0.376 e. The molecule has 1 heterocycles. The summed E-state index contributed by atoms with van der Waals surface area (Å²) in [6.07, 6.45) is 9.25. The van der Waals surface area contributed by atoms with Gasteiger partial charge in [-0.1, -0.05) is 26.2 Å². The van der Waals surface area contributed by atoms with Crippen LogP contribution in [0.15, 0.2) is 0 Å². The molecule has 0 aromatic heterocycles. The lowest BCUT2D eigenvalue weighted by Gasteiger charge is -2.38. The van der Waals surface area contributed by atoms with Crippen molar-refractivity contribution >= 4 is 0 Å². The molecule has 3 nitrogen and oxygen atoms in total. The predicted octanol–water partition coefficient (Wildman–Crippen LogP) is 2.15. The van der Waals surface area contributed by atoms with Gasteiger partial charge in [0, 0.05) is 25.2 Å². The fourth-order valence-corrected chi connectivity index (χ4v) is 3.12. The Morgan fingerprint density at radius 1 is 1.29 bits per heavy atom. The Hall–Kier alpha value is -0.120. The van der Waals surface area contributed by atoms with Crippen LogP contribution in [-0.2, 0) is 4.74 Å². The van der Waals surface area contributed by atoms with E-state index in [0.29, 0.717) is 6.10 Å². The first-order valence-corrected chi connectivity index (χ1v) is 7.35. The van der Waals surface area contributed by atoms with Crippen LogP contribution < -0.4 is 5.73 Å². The first-order chi connectivity index (χ1) is 8.22. The standard InChI is InChI=1S/C14H28N2O/c1-2-13-12-16(10-11-17-13)9-8-14(15)6-4-3-5-7-14/h13H,2-12,15H2,1H3. The number of morpholine rings is 1. The molecule has 0 spiro atoms. The summed E-state index contributed by atoms with van der Waals surface area (Å²) in [6, 6.07) is 0. The third kappa shape index (κ3) is 3.94. The van der Waals surface area contributed by atoms with Crippen molar-refractivity contribution in [3.8, 4) is 0 Å². The van der Waals surface area contributed by atoms with E-state index >= 15 is 0 Å². The molecule has 0 bridgehead atoms.